The Kier molecular flexibility index (Phi) is 3.66. The lowest BCUT2D eigenvalue weighted by molar-refractivity contribution is 0.0342. The molecule has 0 atom stereocenters. The minimum absolute atomic E-state index is 0.819. The number of rotatable bonds is 2. The molecule has 0 N–H and O–H groups in total. The first-order valence-corrected chi connectivity index (χ1v) is 7.97. The molecule has 2 aromatic carbocycles. The van der Waals surface area contributed by atoms with Crippen LogP contribution in [-0.4, -0.2) is 31.2 Å². The lowest BCUT2D eigenvalue weighted by Gasteiger charge is -2.26. The van der Waals surface area contributed by atoms with E-state index in [1.54, 1.807) is 0 Å². The quantitative estimate of drug-likeness (QED) is 0.524. The first-order chi connectivity index (χ1) is 10.8. The monoisotopic (exact) mass is 311 g/mol. The summed E-state index contributed by atoms with van der Waals surface area (Å²) in [6.07, 6.45) is 0. The molecule has 112 valence electrons. The van der Waals surface area contributed by atoms with Gasteiger partial charge in [-0.1, -0.05) is 30.4 Å². The molecular weight excluding hydrogens is 294 g/mol. The number of hydrogen-bond acceptors (Lipinski definition) is 4. The number of benzene rings is 2. The fourth-order valence-corrected chi connectivity index (χ4v) is 3.29. The number of para-hydroxylation sites is 1. The van der Waals surface area contributed by atoms with Gasteiger partial charge in [-0.2, -0.15) is 0 Å². The van der Waals surface area contributed by atoms with E-state index in [2.05, 4.69) is 17.0 Å². The lowest BCUT2D eigenvalue weighted by Crippen LogP contribution is -2.35. The Bertz CT molecular complexity index is 881. The third-order valence-electron chi connectivity index (χ3n) is 4.15. The van der Waals surface area contributed by atoms with Crippen LogP contribution in [0, 0.1) is 4.51 Å². The van der Waals surface area contributed by atoms with Crippen LogP contribution in [0.4, 0.5) is 0 Å². The van der Waals surface area contributed by atoms with Gasteiger partial charge in [0.1, 0.15) is 11.2 Å². The molecule has 0 bridgehead atoms. The van der Waals surface area contributed by atoms with Crippen LogP contribution >= 0.6 is 12.2 Å². The van der Waals surface area contributed by atoms with Crippen molar-refractivity contribution in [2.24, 2.45) is 0 Å². The number of hydrogen-bond donors (Lipinski definition) is 0. The largest absolute Gasteiger partial charge is 0.456 e. The van der Waals surface area contributed by atoms with Gasteiger partial charge in [0.25, 0.3) is 0 Å². The van der Waals surface area contributed by atoms with Crippen LogP contribution in [0.15, 0.2) is 46.9 Å². The third kappa shape index (κ3) is 2.54. The van der Waals surface area contributed by atoms with Crippen molar-refractivity contribution in [3.8, 4) is 0 Å². The van der Waals surface area contributed by atoms with Crippen molar-refractivity contribution >= 4 is 34.2 Å². The zero-order chi connectivity index (χ0) is 14.9. The Balaban J connectivity index is 1.77. The van der Waals surface area contributed by atoms with Crippen molar-refractivity contribution in [2.45, 2.75) is 6.54 Å². The van der Waals surface area contributed by atoms with Crippen molar-refractivity contribution in [2.75, 3.05) is 26.3 Å². The summed E-state index contributed by atoms with van der Waals surface area (Å²) in [6, 6.07) is 14.3. The number of ether oxygens (including phenoxy) is 1. The van der Waals surface area contributed by atoms with Crippen LogP contribution < -0.4 is 0 Å². The van der Waals surface area contributed by atoms with Crippen LogP contribution in [0.2, 0.25) is 0 Å². The maximum atomic E-state index is 5.97. The second-order valence-electron chi connectivity index (χ2n) is 5.65. The van der Waals surface area contributed by atoms with E-state index < -0.39 is 0 Å². The van der Waals surface area contributed by atoms with E-state index in [9.17, 15) is 0 Å². The van der Waals surface area contributed by atoms with Crippen LogP contribution in [0.25, 0.3) is 21.9 Å². The van der Waals surface area contributed by atoms with Gasteiger partial charge >= 0.3 is 0 Å². The van der Waals surface area contributed by atoms with Crippen LogP contribution in [0.1, 0.15) is 5.56 Å². The zero-order valence-electron chi connectivity index (χ0n) is 12.2. The molecule has 4 heteroatoms. The molecule has 0 spiro atoms. The molecule has 22 heavy (non-hydrogen) atoms. The zero-order valence-corrected chi connectivity index (χ0v) is 13.1. The highest BCUT2D eigenvalue weighted by molar-refractivity contribution is 7.72. The summed E-state index contributed by atoms with van der Waals surface area (Å²) in [6.45, 7) is 4.54. The third-order valence-corrected chi connectivity index (χ3v) is 4.59. The normalized spacial score (nSPS) is 16.4. The molecule has 2 heterocycles. The SMILES string of the molecule is S=c1c2ccccc2oc2ccc(CN3CCOCC3)cc12. The van der Waals surface area contributed by atoms with E-state index in [1.165, 1.54) is 5.56 Å². The van der Waals surface area contributed by atoms with Gasteiger partial charge in [-0.3, -0.25) is 4.90 Å². The Morgan fingerprint density at radius 3 is 2.59 bits per heavy atom. The summed E-state index contributed by atoms with van der Waals surface area (Å²) < 4.78 is 12.2. The summed E-state index contributed by atoms with van der Waals surface area (Å²) in [4.78, 5) is 2.41. The molecule has 0 saturated carbocycles. The van der Waals surface area contributed by atoms with Crippen LogP contribution in [0.5, 0.6) is 0 Å². The van der Waals surface area contributed by atoms with Gasteiger partial charge in [0.05, 0.1) is 17.7 Å². The van der Waals surface area contributed by atoms with Crippen molar-refractivity contribution in [1.29, 1.82) is 0 Å². The number of nitrogens with zero attached hydrogens (tertiary/aromatic N) is 1. The standard InChI is InChI=1S/C18H17NO2S/c22-18-14-3-1-2-4-16(14)21-17-6-5-13(11-15(17)18)12-19-7-9-20-10-8-19/h1-6,11H,7-10,12H2. The number of fused-ring (bicyclic) bond motifs is 2. The van der Waals surface area contributed by atoms with E-state index in [0.29, 0.717) is 0 Å². The molecule has 3 aromatic rings. The molecule has 3 nitrogen and oxygen atoms in total. The minimum Gasteiger partial charge on any atom is -0.456 e. The minimum atomic E-state index is 0.819. The number of morpholine rings is 1. The van der Waals surface area contributed by atoms with Crippen molar-refractivity contribution in [3.05, 3.63) is 52.5 Å². The van der Waals surface area contributed by atoms with Crippen molar-refractivity contribution in [3.63, 3.8) is 0 Å². The highest BCUT2D eigenvalue weighted by Crippen LogP contribution is 2.26. The predicted octanol–water partition coefficient (Wildman–Crippen LogP) is 4.15. The molecule has 0 unspecified atom stereocenters. The Hall–Kier alpha value is -1.75. The maximum absolute atomic E-state index is 5.97. The summed E-state index contributed by atoms with van der Waals surface area (Å²) in [5.41, 5.74) is 2.97. The molecule has 1 fully saturated rings. The summed E-state index contributed by atoms with van der Waals surface area (Å²) in [7, 11) is 0. The Morgan fingerprint density at radius 2 is 1.73 bits per heavy atom. The van der Waals surface area contributed by atoms with E-state index in [4.69, 9.17) is 21.4 Å². The van der Waals surface area contributed by atoms with Gasteiger partial charge in [-0.05, 0) is 29.8 Å². The fraction of sp³-hybridized carbons (Fsp3) is 0.278. The Labute approximate surface area is 134 Å². The highest BCUT2D eigenvalue weighted by atomic mass is 32.1. The summed E-state index contributed by atoms with van der Waals surface area (Å²) >= 11 is 5.67. The Morgan fingerprint density at radius 1 is 0.955 bits per heavy atom. The van der Waals surface area contributed by atoms with Gasteiger partial charge in [-0.25, -0.2) is 0 Å². The van der Waals surface area contributed by atoms with Gasteiger partial charge in [0, 0.05) is 30.4 Å². The molecule has 0 aliphatic carbocycles. The summed E-state index contributed by atoms with van der Waals surface area (Å²) in [5.74, 6) is 0. The second kappa shape index (κ2) is 5.80. The molecule has 1 saturated heterocycles. The van der Waals surface area contributed by atoms with Crippen LogP contribution in [0.3, 0.4) is 0 Å². The first-order valence-electron chi connectivity index (χ1n) is 7.56. The molecule has 1 aliphatic heterocycles. The van der Waals surface area contributed by atoms with Gasteiger partial charge in [0.2, 0.25) is 0 Å². The maximum Gasteiger partial charge on any atom is 0.136 e. The highest BCUT2D eigenvalue weighted by Gasteiger charge is 2.12. The van der Waals surface area contributed by atoms with Crippen LogP contribution in [-0.2, 0) is 11.3 Å². The molecule has 1 aromatic heterocycles. The fourth-order valence-electron chi connectivity index (χ4n) is 2.97. The molecule has 4 rings (SSSR count). The van der Waals surface area contributed by atoms with Crippen molar-refractivity contribution in [1.82, 2.24) is 4.90 Å². The van der Waals surface area contributed by atoms with E-state index in [1.807, 2.05) is 30.3 Å². The average Bonchev–Trinajstić information content (AvgIpc) is 2.57. The van der Waals surface area contributed by atoms with Gasteiger partial charge in [0.15, 0.2) is 0 Å². The smallest absolute Gasteiger partial charge is 0.136 e. The topological polar surface area (TPSA) is 25.6 Å². The second-order valence-corrected chi connectivity index (χ2v) is 6.05. The molecule has 0 amide bonds. The molecule has 0 radical (unpaired) electrons. The molecular formula is C18H17NO2S. The van der Waals surface area contributed by atoms with E-state index in [0.717, 1.165) is 59.3 Å². The van der Waals surface area contributed by atoms with Gasteiger partial charge < -0.3 is 9.15 Å². The first kappa shape index (κ1) is 13.9. The van der Waals surface area contributed by atoms with Crippen molar-refractivity contribution < 1.29 is 9.15 Å². The molecule has 1 aliphatic rings. The lowest BCUT2D eigenvalue weighted by atomic mass is 10.1. The predicted molar refractivity (Wildman–Crippen MR) is 90.7 cm³/mol. The van der Waals surface area contributed by atoms with E-state index >= 15 is 0 Å². The van der Waals surface area contributed by atoms with Gasteiger partial charge in [-0.15, -0.1) is 0 Å². The van der Waals surface area contributed by atoms with E-state index in [-0.39, 0.29) is 0 Å². The average molecular weight is 311 g/mol. The summed E-state index contributed by atoms with van der Waals surface area (Å²) in [5, 5.41) is 2.04.